The lowest BCUT2D eigenvalue weighted by Crippen LogP contribution is -2.28. The fourth-order valence-electron chi connectivity index (χ4n) is 1.53. The van der Waals surface area contributed by atoms with Crippen molar-refractivity contribution in [1.82, 2.24) is 15.1 Å². The Bertz CT molecular complexity index is 267. The van der Waals surface area contributed by atoms with Gasteiger partial charge in [0.1, 0.15) is 0 Å². The maximum atomic E-state index is 4.16. The average Bonchev–Trinajstić information content (AvgIpc) is 2.59. The van der Waals surface area contributed by atoms with Gasteiger partial charge in [-0.05, 0) is 38.3 Å². The van der Waals surface area contributed by atoms with Gasteiger partial charge in [-0.1, -0.05) is 6.92 Å². The van der Waals surface area contributed by atoms with E-state index in [-0.39, 0.29) is 0 Å². The Balaban J connectivity index is 2.33. The number of hydrogen-bond acceptors (Lipinski definition) is 2. The van der Waals surface area contributed by atoms with Crippen molar-refractivity contribution in [2.75, 3.05) is 7.05 Å². The van der Waals surface area contributed by atoms with Gasteiger partial charge in [-0.15, -0.1) is 0 Å². The largest absolute Gasteiger partial charge is 0.317 e. The minimum Gasteiger partial charge on any atom is -0.317 e. The molecular weight excluding hydrogens is 174 g/mol. The number of nitrogens with zero attached hydrogens (tertiary/aromatic N) is 2. The Morgan fingerprint density at radius 1 is 1.50 bits per heavy atom. The molecule has 0 amide bonds. The first-order valence-corrected chi connectivity index (χ1v) is 5.28. The van der Waals surface area contributed by atoms with Crippen molar-refractivity contribution in [3.8, 4) is 0 Å². The molecule has 2 atom stereocenters. The van der Waals surface area contributed by atoms with E-state index < -0.39 is 0 Å². The Morgan fingerprint density at radius 2 is 2.21 bits per heavy atom. The Kier molecular flexibility index (Phi) is 4.14. The number of hydrogen-bond donors (Lipinski definition) is 1. The Labute approximate surface area is 86.5 Å². The van der Waals surface area contributed by atoms with Crippen LogP contribution in [-0.4, -0.2) is 22.9 Å². The highest BCUT2D eigenvalue weighted by molar-refractivity contribution is 5.03. The molecule has 0 aliphatic rings. The summed E-state index contributed by atoms with van der Waals surface area (Å²) in [6.07, 6.45) is 6.39. The van der Waals surface area contributed by atoms with Gasteiger partial charge in [-0.2, -0.15) is 5.10 Å². The van der Waals surface area contributed by atoms with E-state index in [0.29, 0.717) is 12.0 Å². The van der Waals surface area contributed by atoms with Crippen molar-refractivity contribution < 1.29 is 0 Å². The third-order valence-electron chi connectivity index (χ3n) is 2.96. The second-order valence-corrected chi connectivity index (χ2v) is 4.12. The van der Waals surface area contributed by atoms with Crippen LogP contribution < -0.4 is 5.32 Å². The normalized spacial score (nSPS) is 15.4. The summed E-state index contributed by atoms with van der Waals surface area (Å²) in [6, 6.07) is 0.590. The molecule has 0 saturated carbocycles. The first-order chi connectivity index (χ1) is 6.63. The molecule has 0 bridgehead atoms. The fourth-order valence-corrected chi connectivity index (χ4v) is 1.53. The molecule has 0 aliphatic heterocycles. The topological polar surface area (TPSA) is 29.9 Å². The minimum atomic E-state index is 0.590. The molecule has 1 aromatic rings. The lowest BCUT2D eigenvalue weighted by Gasteiger charge is -2.18. The van der Waals surface area contributed by atoms with Crippen molar-refractivity contribution in [2.45, 2.75) is 32.7 Å². The van der Waals surface area contributed by atoms with Gasteiger partial charge in [-0.3, -0.25) is 4.68 Å². The van der Waals surface area contributed by atoms with E-state index in [1.165, 1.54) is 12.0 Å². The number of rotatable bonds is 5. The zero-order valence-electron chi connectivity index (χ0n) is 9.62. The van der Waals surface area contributed by atoms with Crippen LogP contribution >= 0.6 is 0 Å². The van der Waals surface area contributed by atoms with E-state index in [4.69, 9.17) is 0 Å². The van der Waals surface area contributed by atoms with Gasteiger partial charge in [0.2, 0.25) is 0 Å². The summed E-state index contributed by atoms with van der Waals surface area (Å²) >= 11 is 0. The van der Waals surface area contributed by atoms with Gasteiger partial charge in [0.15, 0.2) is 0 Å². The summed E-state index contributed by atoms with van der Waals surface area (Å²) in [5.74, 6) is 0.709. The maximum absolute atomic E-state index is 4.16. The van der Waals surface area contributed by atoms with Crippen LogP contribution in [0.15, 0.2) is 12.4 Å². The van der Waals surface area contributed by atoms with E-state index in [1.807, 2.05) is 25.0 Å². The molecule has 0 fully saturated rings. The van der Waals surface area contributed by atoms with Gasteiger partial charge in [0, 0.05) is 19.3 Å². The molecule has 1 rings (SSSR count). The van der Waals surface area contributed by atoms with Crippen LogP contribution in [-0.2, 0) is 13.5 Å². The summed E-state index contributed by atoms with van der Waals surface area (Å²) in [7, 11) is 3.98. The van der Waals surface area contributed by atoms with E-state index in [2.05, 4.69) is 30.5 Å². The molecule has 0 aliphatic carbocycles. The predicted molar refractivity (Wildman–Crippen MR) is 59.2 cm³/mol. The first-order valence-electron chi connectivity index (χ1n) is 5.28. The van der Waals surface area contributed by atoms with E-state index in [0.717, 1.165) is 6.42 Å². The summed E-state index contributed by atoms with van der Waals surface area (Å²) in [6.45, 7) is 4.52. The maximum Gasteiger partial charge on any atom is 0.0521 e. The van der Waals surface area contributed by atoms with Gasteiger partial charge >= 0.3 is 0 Å². The smallest absolute Gasteiger partial charge is 0.0521 e. The third kappa shape index (κ3) is 3.14. The van der Waals surface area contributed by atoms with Gasteiger partial charge in [0.25, 0.3) is 0 Å². The van der Waals surface area contributed by atoms with E-state index in [1.54, 1.807) is 0 Å². The molecule has 14 heavy (non-hydrogen) atoms. The van der Waals surface area contributed by atoms with Crippen molar-refractivity contribution in [2.24, 2.45) is 13.0 Å². The van der Waals surface area contributed by atoms with Crippen LogP contribution in [0.4, 0.5) is 0 Å². The Hall–Kier alpha value is -0.830. The van der Waals surface area contributed by atoms with Crippen LogP contribution in [0.1, 0.15) is 25.8 Å². The Morgan fingerprint density at radius 3 is 2.71 bits per heavy atom. The second kappa shape index (κ2) is 5.15. The third-order valence-corrected chi connectivity index (χ3v) is 2.96. The highest BCUT2D eigenvalue weighted by Gasteiger charge is 2.09. The second-order valence-electron chi connectivity index (χ2n) is 4.12. The highest BCUT2D eigenvalue weighted by Crippen LogP contribution is 2.12. The van der Waals surface area contributed by atoms with Gasteiger partial charge in [0.05, 0.1) is 6.20 Å². The van der Waals surface area contributed by atoms with Crippen LogP contribution in [0, 0.1) is 5.92 Å². The SMILES string of the molecule is CNC(C)C(C)CCc1cnn(C)c1. The van der Waals surface area contributed by atoms with E-state index >= 15 is 0 Å². The highest BCUT2D eigenvalue weighted by atomic mass is 15.2. The summed E-state index contributed by atoms with van der Waals surface area (Å²) in [4.78, 5) is 0. The molecular formula is C11H21N3. The molecule has 0 aromatic carbocycles. The molecule has 1 N–H and O–H groups in total. The molecule has 3 heteroatoms. The van der Waals surface area contributed by atoms with Crippen molar-refractivity contribution >= 4 is 0 Å². The lowest BCUT2D eigenvalue weighted by atomic mass is 9.96. The monoisotopic (exact) mass is 195 g/mol. The molecule has 0 saturated heterocycles. The molecule has 0 radical (unpaired) electrons. The minimum absolute atomic E-state index is 0.590. The summed E-state index contributed by atoms with van der Waals surface area (Å²) in [5.41, 5.74) is 1.34. The van der Waals surface area contributed by atoms with Crippen molar-refractivity contribution in [3.05, 3.63) is 18.0 Å². The molecule has 0 spiro atoms. The average molecular weight is 195 g/mol. The van der Waals surface area contributed by atoms with Gasteiger partial charge in [-0.25, -0.2) is 0 Å². The summed E-state index contributed by atoms with van der Waals surface area (Å²) < 4.78 is 1.86. The molecule has 2 unspecified atom stereocenters. The molecule has 80 valence electrons. The first kappa shape index (κ1) is 11.2. The van der Waals surface area contributed by atoms with E-state index in [9.17, 15) is 0 Å². The quantitative estimate of drug-likeness (QED) is 0.773. The van der Waals surface area contributed by atoms with Crippen molar-refractivity contribution in [1.29, 1.82) is 0 Å². The number of aryl methyl sites for hydroxylation is 2. The zero-order valence-corrected chi connectivity index (χ0v) is 9.62. The lowest BCUT2D eigenvalue weighted by molar-refractivity contribution is 0.401. The van der Waals surface area contributed by atoms with Crippen LogP contribution in [0.5, 0.6) is 0 Å². The number of nitrogens with one attached hydrogen (secondary N) is 1. The molecule has 1 aromatic heterocycles. The fraction of sp³-hybridized carbons (Fsp3) is 0.727. The predicted octanol–water partition coefficient (Wildman–Crippen LogP) is 1.60. The van der Waals surface area contributed by atoms with Crippen LogP contribution in [0.25, 0.3) is 0 Å². The van der Waals surface area contributed by atoms with Crippen molar-refractivity contribution in [3.63, 3.8) is 0 Å². The van der Waals surface area contributed by atoms with Crippen LogP contribution in [0.3, 0.4) is 0 Å². The molecule has 1 heterocycles. The standard InChI is InChI=1S/C11H21N3/c1-9(10(2)12-3)5-6-11-7-13-14(4)8-11/h7-10,12H,5-6H2,1-4H3. The van der Waals surface area contributed by atoms with Gasteiger partial charge < -0.3 is 5.32 Å². The molecule has 3 nitrogen and oxygen atoms in total. The summed E-state index contributed by atoms with van der Waals surface area (Å²) in [5, 5.41) is 7.45. The number of aromatic nitrogens is 2. The zero-order chi connectivity index (χ0) is 10.6. The van der Waals surface area contributed by atoms with Crippen LogP contribution in [0.2, 0.25) is 0 Å².